The van der Waals surface area contributed by atoms with Crippen LogP contribution in [0.2, 0.25) is 5.02 Å². The molecule has 0 radical (unpaired) electrons. The van der Waals surface area contributed by atoms with Crippen molar-refractivity contribution in [2.45, 2.75) is 19.3 Å². The molecule has 1 aliphatic rings. The molecule has 0 fully saturated rings. The Bertz CT molecular complexity index is 940. The fraction of sp³-hybridized carbons (Fsp3) is 0.182. The van der Waals surface area contributed by atoms with E-state index in [2.05, 4.69) is 23.2 Å². The van der Waals surface area contributed by atoms with Crippen molar-refractivity contribution in [3.8, 4) is 11.1 Å². The molecular formula is C22H19ClN2O. The highest BCUT2D eigenvalue weighted by molar-refractivity contribution is 6.30. The minimum Gasteiger partial charge on any atom is -0.312 e. The van der Waals surface area contributed by atoms with Crippen molar-refractivity contribution in [3.05, 3.63) is 83.1 Å². The van der Waals surface area contributed by atoms with Crippen molar-refractivity contribution >= 4 is 23.2 Å². The van der Waals surface area contributed by atoms with Crippen LogP contribution in [0.3, 0.4) is 0 Å². The Balaban J connectivity index is 1.48. The Morgan fingerprint density at radius 1 is 1.04 bits per heavy atom. The first-order chi connectivity index (χ1) is 12.7. The second-order valence-corrected chi connectivity index (χ2v) is 6.94. The molecule has 0 aliphatic carbocycles. The summed E-state index contributed by atoms with van der Waals surface area (Å²) in [7, 11) is 0. The van der Waals surface area contributed by atoms with E-state index in [0.717, 1.165) is 29.8 Å². The van der Waals surface area contributed by atoms with Crippen LogP contribution in [0.25, 0.3) is 11.1 Å². The van der Waals surface area contributed by atoms with Crippen LogP contribution in [-0.2, 0) is 17.6 Å². The fourth-order valence-corrected chi connectivity index (χ4v) is 3.68. The smallest absolute Gasteiger partial charge is 0.227 e. The monoisotopic (exact) mass is 362 g/mol. The van der Waals surface area contributed by atoms with Crippen molar-refractivity contribution in [1.82, 2.24) is 4.98 Å². The number of anilines is 1. The highest BCUT2D eigenvalue weighted by atomic mass is 35.5. The van der Waals surface area contributed by atoms with Crippen LogP contribution < -0.4 is 4.90 Å². The van der Waals surface area contributed by atoms with Gasteiger partial charge in [-0.05, 0) is 71.5 Å². The number of aryl methyl sites for hydroxylation is 1. The Labute approximate surface area is 158 Å². The molecule has 3 aromatic rings. The molecule has 3 nitrogen and oxygen atoms in total. The Hall–Kier alpha value is -2.65. The number of benzene rings is 2. The van der Waals surface area contributed by atoms with E-state index in [1.54, 1.807) is 12.4 Å². The minimum absolute atomic E-state index is 0.167. The van der Waals surface area contributed by atoms with Crippen LogP contribution in [0.5, 0.6) is 0 Å². The quantitative estimate of drug-likeness (QED) is 0.659. The summed E-state index contributed by atoms with van der Waals surface area (Å²) in [5.74, 6) is 0.167. The lowest BCUT2D eigenvalue weighted by Crippen LogP contribution is -2.29. The molecule has 2 aromatic carbocycles. The zero-order chi connectivity index (χ0) is 17.9. The van der Waals surface area contributed by atoms with Gasteiger partial charge in [0.1, 0.15) is 0 Å². The maximum absolute atomic E-state index is 12.7. The molecule has 0 atom stereocenters. The second-order valence-electron chi connectivity index (χ2n) is 6.50. The molecule has 2 heterocycles. The normalized spacial score (nSPS) is 12.9. The summed E-state index contributed by atoms with van der Waals surface area (Å²) in [6.45, 7) is 0.753. The molecule has 4 rings (SSSR count). The van der Waals surface area contributed by atoms with Crippen molar-refractivity contribution in [2.24, 2.45) is 0 Å². The Kier molecular flexibility index (Phi) is 4.72. The zero-order valence-electron chi connectivity index (χ0n) is 14.4. The van der Waals surface area contributed by atoms with Gasteiger partial charge in [-0.15, -0.1) is 0 Å². The van der Waals surface area contributed by atoms with Crippen molar-refractivity contribution in [1.29, 1.82) is 0 Å². The van der Waals surface area contributed by atoms with Gasteiger partial charge in [-0.25, -0.2) is 0 Å². The van der Waals surface area contributed by atoms with Crippen LogP contribution >= 0.6 is 11.6 Å². The van der Waals surface area contributed by atoms with Gasteiger partial charge in [-0.3, -0.25) is 9.78 Å². The van der Waals surface area contributed by atoms with E-state index < -0.39 is 0 Å². The molecule has 0 saturated carbocycles. The second kappa shape index (κ2) is 7.30. The number of hydrogen-bond acceptors (Lipinski definition) is 2. The number of fused-ring (bicyclic) bond motifs is 1. The van der Waals surface area contributed by atoms with E-state index in [1.807, 2.05) is 41.3 Å². The van der Waals surface area contributed by atoms with E-state index in [9.17, 15) is 4.79 Å². The standard InChI is InChI=1S/C22H19ClN2O/c23-20-3-1-2-16(14-20)4-7-22(26)25-13-10-19-15-18(5-6-21(19)25)17-8-11-24-12-9-17/h1-3,5-6,8-9,11-12,14-15H,4,7,10,13H2. The van der Waals surface area contributed by atoms with E-state index in [1.165, 1.54) is 11.1 Å². The first-order valence-electron chi connectivity index (χ1n) is 8.79. The molecule has 26 heavy (non-hydrogen) atoms. The molecule has 0 spiro atoms. The van der Waals surface area contributed by atoms with E-state index in [0.29, 0.717) is 17.9 Å². The average Bonchev–Trinajstić information content (AvgIpc) is 3.10. The van der Waals surface area contributed by atoms with Gasteiger partial charge >= 0.3 is 0 Å². The molecule has 1 amide bonds. The number of hydrogen-bond donors (Lipinski definition) is 0. The average molecular weight is 363 g/mol. The number of nitrogens with zero attached hydrogens (tertiary/aromatic N) is 2. The highest BCUT2D eigenvalue weighted by Gasteiger charge is 2.24. The number of amides is 1. The maximum Gasteiger partial charge on any atom is 0.227 e. The largest absolute Gasteiger partial charge is 0.312 e. The molecule has 0 saturated heterocycles. The SMILES string of the molecule is O=C(CCc1cccc(Cl)c1)N1CCc2cc(-c3ccncc3)ccc21. The van der Waals surface area contributed by atoms with Crippen LogP contribution in [0.4, 0.5) is 5.69 Å². The number of aromatic nitrogens is 1. The topological polar surface area (TPSA) is 33.2 Å². The van der Waals surface area contributed by atoms with E-state index >= 15 is 0 Å². The number of halogens is 1. The Morgan fingerprint density at radius 2 is 1.88 bits per heavy atom. The third kappa shape index (κ3) is 3.49. The van der Waals surface area contributed by atoms with Gasteiger partial charge in [0.25, 0.3) is 0 Å². The molecule has 1 aliphatic heterocycles. The lowest BCUT2D eigenvalue weighted by molar-refractivity contribution is -0.118. The summed E-state index contributed by atoms with van der Waals surface area (Å²) >= 11 is 6.02. The maximum atomic E-state index is 12.7. The van der Waals surface area contributed by atoms with Gasteiger partial charge < -0.3 is 4.90 Å². The zero-order valence-corrected chi connectivity index (χ0v) is 15.1. The lowest BCUT2D eigenvalue weighted by atomic mass is 10.0. The summed E-state index contributed by atoms with van der Waals surface area (Å²) in [5.41, 5.74) is 5.68. The fourth-order valence-electron chi connectivity index (χ4n) is 3.46. The molecule has 4 heteroatoms. The number of carbonyl (C=O) groups excluding carboxylic acids is 1. The molecule has 130 valence electrons. The van der Waals surface area contributed by atoms with Gasteiger partial charge in [0.2, 0.25) is 5.91 Å². The van der Waals surface area contributed by atoms with E-state index in [-0.39, 0.29) is 5.91 Å². The van der Waals surface area contributed by atoms with Gasteiger partial charge in [0, 0.05) is 36.1 Å². The van der Waals surface area contributed by atoms with Crippen LogP contribution in [0.1, 0.15) is 17.5 Å². The van der Waals surface area contributed by atoms with Gasteiger partial charge in [0.15, 0.2) is 0 Å². The molecular weight excluding hydrogens is 344 g/mol. The first kappa shape index (κ1) is 16.8. The third-order valence-corrected chi connectivity index (χ3v) is 5.04. The minimum atomic E-state index is 0.167. The molecule has 0 unspecified atom stereocenters. The summed E-state index contributed by atoms with van der Waals surface area (Å²) < 4.78 is 0. The predicted molar refractivity (Wildman–Crippen MR) is 106 cm³/mol. The third-order valence-electron chi connectivity index (χ3n) is 4.81. The molecule has 1 aromatic heterocycles. The lowest BCUT2D eigenvalue weighted by Gasteiger charge is -2.18. The summed E-state index contributed by atoms with van der Waals surface area (Å²) in [6.07, 6.45) is 5.70. The van der Waals surface area contributed by atoms with E-state index in [4.69, 9.17) is 11.6 Å². The summed E-state index contributed by atoms with van der Waals surface area (Å²) in [4.78, 5) is 18.7. The first-order valence-corrected chi connectivity index (χ1v) is 9.16. The molecule has 0 bridgehead atoms. The molecule has 0 N–H and O–H groups in total. The predicted octanol–water partition coefficient (Wildman–Crippen LogP) is 4.92. The van der Waals surface area contributed by atoms with Gasteiger partial charge in [-0.2, -0.15) is 0 Å². The number of pyridine rings is 1. The van der Waals surface area contributed by atoms with Crippen LogP contribution in [-0.4, -0.2) is 17.4 Å². The van der Waals surface area contributed by atoms with Crippen molar-refractivity contribution in [3.63, 3.8) is 0 Å². The Morgan fingerprint density at radius 3 is 2.69 bits per heavy atom. The summed E-state index contributed by atoms with van der Waals surface area (Å²) in [5, 5.41) is 0.713. The van der Waals surface area contributed by atoms with Crippen LogP contribution in [0.15, 0.2) is 67.0 Å². The number of rotatable bonds is 4. The number of carbonyl (C=O) groups is 1. The van der Waals surface area contributed by atoms with Crippen molar-refractivity contribution < 1.29 is 4.79 Å². The highest BCUT2D eigenvalue weighted by Crippen LogP contribution is 2.32. The van der Waals surface area contributed by atoms with Crippen LogP contribution in [0, 0.1) is 0 Å². The summed E-state index contributed by atoms with van der Waals surface area (Å²) in [6, 6.07) is 18.1. The van der Waals surface area contributed by atoms with Gasteiger partial charge in [0.05, 0.1) is 0 Å². The van der Waals surface area contributed by atoms with Crippen molar-refractivity contribution in [2.75, 3.05) is 11.4 Å². The van der Waals surface area contributed by atoms with Gasteiger partial charge in [-0.1, -0.05) is 29.8 Å².